The van der Waals surface area contributed by atoms with Crippen molar-refractivity contribution in [1.82, 2.24) is 9.97 Å². The van der Waals surface area contributed by atoms with Crippen molar-refractivity contribution < 1.29 is 0 Å². The van der Waals surface area contributed by atoms with Gasteiger partial charge >= 0.3 is 0 Å². The van der Waals surface area contributed by atoms with E-state index in [1.807, 2.05) is 38.2 Å². The zero-order chi connectivity index (χ0) is 17.8. The summed E-state index contributed by atoms with van der Waals surface area (Å²) >= 11 is 0. The predicted octanol–water partition coefficient (Wildman–Crippen LogP) is 4.78. The molecular formula is C21H24N4. The zero-order valence-electron chi connectivity index (χ0n) is 15.2. The first-order valence-corrected chi connectivity index (χ1v) is 8.46. The summed E-state index contributed by atoms with van der Waals surface area (Å²) in [5.41, 5.74) is 5.71. The molecule has 3 rings (SSSR count). The smallest absolute Gasteiger partial charge is 0.227 e. The van der Waals surface area contributed by atoms with Gasteiger partial charge in [0.1, 0.15) is 5.82 Å². The highest BCUT2D eigenvalue weighted by molar-refractivity contribution is 5.62. The van der Waals surface area contributed by atoms with Gasteiger partial charge in [0.2, 0.25) is 5.95 Å². The Hall–Kier alpha value is -2.88. The largest absolute Gasteiger partial charge is 0.340 e. The summed E-state index contributed by atoms with van der Waals surface area (Å²) in [5, 5.41) is 3.42. The lowest BCUT2D eigenvalue weighted by molar-refractivity contribution is 0.861. The van der Waals surface area contributed by atoms with Gasteiger partial charge in [-0.05, 0) is 38.0 Å². The quantitative estimate of drug-likeness (QED) is 0.730. The fourth-order valence-corrected chi connectivity index (χ4v) is 2.81. The van der Waals surface area contributed by atoms with Gasteiger partial charge in [0.15, 0.2) is 0 Å². The molecule has 0 aliphatic rings. The monoisotopic (exact) mass is 332 g/mol. The minimum atomic E-state index is 0.719. The van der Waals surface area contributed by atoms with E-state index < -0.39 is 0 Å². The van der Waals surface area contributed by atoms with E-state index in [1.165, 1.54) is 16.7 Å². The number of anilines is 3. The lowest BCUT2D eigenvalue weighted by atomic mass is 10.1. The van der Waals surface area contributed by atoms with Gasteiger partial charge in [-0.25, -0.2) is 4.98 Å². The fraction of sp³-hybridized carbons (Fsp3) is 0.238. The number of aromatic nitrogens is 2. The minimum absolute atomic E-state index is 0.719. The first-order valence-electron chi connectivity index (χ1n) is 8.46. The summed E-state index contributed by atoms with van der Waals surface area (Å²) in [5.74, 6) is 1.53. The molecule has 0 unspecified atom stereocenters. The molecular weight excluding hydrogens is 308 g/mol. The van der Waals surface area contributed by atoms with Crippen molar-refractivity contribution in [3.05, 3.63) is 77.0 Å². The first-order chi connectivity index (χ1) is 12.0. The Labute approximate surface area is 149 Å². The van der Waals surface area contributed by atoms with Crippen LogP contribution < -0.4 is 10.2 Å². The number of nitrogens with one attached hydrogen (secondary N) is 1. The van der Waals surface area contributed by atoms with Crippen molar-refractivity contribution in [1.29, 1.82) is 0 Å². The Morgan fingerprint density at radius 1 is 0.920 bits per heavy atom. The van der Waals surface area contributed by atoms with Crippen LogP contribution in [0.5, 0.6) is 0 Å². The minimum Gasteiger partial charge on any atom is -0.340 e. The molecule has 0 aliphatic carbocycles. The Morgan fingerprint density at radius 2 is 1.68 bits per heavy atom. The molecule has 0 saturated carbocycles. The van der Waals surface area contributed by atoms with Crippen LogP contribution in [0.1, 0.15) is 22.4 Å². The fourth-order valence-electron chi connectivity index (χ4n) is 2.81. The maximum absolute atomic E-state index is 4.69. The Morgan fingerprint density at radius 3 is 2.40 bits per heavy atom. The average molecular weight is 332 g/mol. The summed E-state index contributed by atoms with van der Waals surface area (Å²) < 4.78 is 0. The highest BCUT2D eigenvalue weighted by atomic mass is 15.2. The van der Waals surface area contributed by atoms with E-state index in [1.54, 1.807) is 0 Å². The molecule has 1 N–H and O–H groups in total. The molecule has 0 radical (unpaired) electrons. The molecule has 0 bridgehead atoms. The molecule has 1 heterocycles. The van der Waals surface area contributed by atoms with Crippen LogP contribution in [0.3, 0.4) is 0 Å². The molecule has 2 aromatic carbocycles. The Bertz CT molecular complexity index is 859. The van der Waals surface area contributed by atoms with E-state index in [4.69, 9.17) is 4.98 Å². The number of rotatable bonds is 5. The molecule has 0 spiro atoms. The van der Waals surface area contributed by atoms with Gasteiger partial charge in [-0.3, -0.25) is 0 Å². The van der Waals surface area contributed by atoms with Gasteiger partial charge in [0.05, 0.1) is 0 Å². The third-order valence-corrected chi connectivity index (χ3v) is 4.09. The van der Waals surface area contributed by atoms with Crippen molar-refractivity contribution >= 4 is 17.5 Å². The van der Waals surface area contributed by atoms with Crippen LogP contribution >= 0.6 is 0 Å². The second kappa shape index (κ2) is 7.34. The molecule has 0 amide bonds. The SMILES string of the molecule is Cc1ccc(Nc2cc(C)nc(N(C)Cc3ccccc3)n2)c(C)c1. The van der Waals surface area contributed by atoms with Gasteiger partial charge < -0.3 is 10.2 Å². The van der Waals surface area contributed by atoms with Crippen LogP contribution in [0.2, 0.25) is 0 Å². The molecule has 0 aliphatic heterocycles. The summed E-state index contributed by atoms with van der Waals surface area (Å²) in [7, 11) is 2.02. The van der Waals surface area contributed by atoms with Gasteiger partial charge in [-0.1, -0.05) is 48.0 Å². The number of hydrogen-bond acceptors (Lipinski definition) is 4. The van der Waals surface area contributed by atoms with Crippen molar-refractivity contribution in [3.8, 4) is 0 Å². The number of benzene rings is 2. The van der Waals surface area contributed by atoms with E-state index in [2.05, 4.69) is 59.4 Å². The van der Waals surface area contributed by atoms with Crippen LogP contribution in [0.4, 0.5) is 17.5 Å². The number of aryl methyl sites for hydroxylation is 3. The second-order valence-electron chi connectivity index (χ2n) is 6.48. The average Bonchev–Trinajstić information content (AvgIpc) is 2.58. The summed E-state index contributed by atoms with van der Waals surface area (Å²) in [6.07, 6.45) is 0. The molecule has 0 saturated heterocycles. The maximum atomic E-state index is 4.69. The lowest BCUT2D eigenvalue weighted by Gasteiger charge is -2.19. The van der Waals surface area contributed by atoms with Crippen molar-refractivity contribution in [3.63, 3.8) is 0 Å². The first kappa shape index (κ1) is 17.0. The maximum Gasteiger partial charge on any atom is 0.227 e. The third-order valence-electron chi connectivity index (χ3n) is 4.09. The molecule has 1 aromatic heterocycles. The normalized spacial score (nSPS) is 10.6. The van der Waals surface area contributed by atoms with E-state index in [9.17, 15) is 0 Å². The van der Waals surface area contributed by atoms with E-state index in [-0.39, 0.29) is 0 Å². The summed E-state index contributed by atoms with van der Waals surface area (Å²) in [6, 6.07) is 18.7. The zero-order valence-corrected chi connectivity index (χ0v) is 15.2. The lowest BCUT2D eigenvalue weighted by Crippen LogP contribution is -2.19. The van der Waals surface area contributed by atoms with E-state index in [0.29, 0.717) is 0 Å². The molecule has 128 valence electrons. The second-order valence-corrected chi connectivity index (χ2v) is 6.48. The summed E-state index contributed by atoms with van der Waals surface area (Å²) in [4.78, 5) is 11.3. The van der Waals surface area contributed by atoms with Gasteiger partial charge in [-0.2, -0.15) is 4.98 Å². The van der Waals surface area contributed by atoms with Crippen molar-refractivity contribution in [2.75, 3.05) is 17.3 Å². The topological polar surface area (TPSA) is 41.1 Å². The molecule has 25 heavy (non-hydrogen) atoms. The highest BCUT2D eigenvalue weighted by Gasteiger charge is 2.09. The van der Waals surface area contributed by atoms with Crippen LogP contribution in [-0.2, 0) is 6.54 Å². The van der Waals surface area contributed by atoms with Gasteiger partial charge in [0.25, 0.3) is 0 Å². The van der Waals surface area contributed by atoms with E-state index >= 15 is 0 Å². The Balaban J connectivity index is 1.82. The standard InChI is InChI=1S/C21H24N4/c1-15-10-11-19(16(2)12-15)23-20-13-17(3)22-21(24-20)25(4)14-18-8-6-5-7-9-18/h5-13H,14H2,1-4H3,(H,22,23,24). The Kier molecular flexibility index (Phi) is 4.98. The molecule has 3 aromatic rings. The number of nitrogens with zero attached hydrogens (tertiary/aromatic N) is 3. The van der Waals surface area contributed by atoms with Crippen LogP contribution in [-0.4, -0.2) is 17.0 Å². The van der Waals surface area contributed by atoms with Gasteiger partial charge in [-0.15, -0.1) is 0 Å². The number of hydrogen-bond donors (Lipinski definition) is 1. The molecule has 0 fully saturated rings. The van der Waals surface area contributed by atoms with Crippen LogP contribution in [0, 0.1) is 20.8 Å². The molecule has 4 heteroatoms. The molecule has 0 atom stereocenters. The molecule has 4 nitrogen and oxygen atoms in total. The highest BCUT2D eigenvalue weighted by Crippen LogP contribution is 2.22. The van der Waals surface area contributed by atoms with E-state index in [0.717, 1.165) is 29.7 Å². The van der Waals surface area contributed by atoms with Crippen LogP contribution in [0.25, 0.3) is 0 Å². The predicted molar refractivity (Wildman–Crippen MR) is 105 cm³/mol. The third kappa shape index (κ3) is 4.35. The van der Waals surface area contributed by atoms with Crippen LogP contribution in [0.15, 0.2) is 54.6 Å². The van der Waals surface area contributed by atoms with Gasteiger partial charge in [0, 0.05) is 31.0 Å². The van der Waals surface area contributed by atoms with Crippen molar-refractivity contribution in [2.45, 2.75) is 27.3 Å². The summed E-state index contributed by atoms with van der Waals surface area (Å²) in [6.45, 7) is 6.97. The van der Waals surface area contributed by atoms with Crippen molar-refractivity contribution in [2.24, 2.45) is 0 Å².